The maximum atomic E-state index is 5.37. The van der Waals surface area contributed by atoms with Gasteiger partial charge < -0.3 is 0 Å². The van der Waals surface area contributed by atoms with Gasteiger partial charge in [0.1, 0.15) is 0 Å². The molecular formula is C13H9S. The Morgan fingerprint density at radius 1 is 0.929 bits per heavy atom. The van der Waals surface area contributed by atoms with Crippen LogP contribution in [-0.2, 0) is 0 Å². The summed E-state index contributed by atoms with van der Waals surface area (Å²) in [6.45, 7) is 0. The second-order valence-electron chi connectivity index (χ2n) is 2.99. The molecule has 0 saturated carbocycles. The zero-order valence-corrected chi connectivity index (χ0v) is 8.42. The van der Waals surface area contributed by atoms with Gasteiger partial charge in [-0.3, -0.25) is 0 Å². The van der Waals surface area contributed by atoms with E-state index in [-0.39, 0.29) is 0 Å². The molecule has 0 unspecified atom stereocenters. The molecular weight excluding hydrogens is 188 g/mol. The SMILES string of the molecule is S=C(c1c[c]ccc1)c1ccccc1. The van der Waals surface area contributed by atoms with Crippen molar-refractivity contribution in [2.75, 3.05) is 0 Å². The maximum Gasteiger partial charge on any atom is 0.0522 e. The van der Waals surface area contributed by atoms with Crippen LogP contribution in [0.4, 0.5) is 0 Å². The Morgan fingerprint density at radius 2 is 1.64 bits per heavy atom. The third-order valence-corrected chi connectivity index (χ3v) is 2.48. The third kappa shape index (κ3) is 1.88. The van der Waals surface area contributed by atoms with Crippen LogP contribution in [0, 0.1) is 6.07 Å². The summed E-state index contributed by atoms with van der Waals surface area (Å²) >= 11 is 5.37. The summed E-state index contributed by atoms with van der Waals surface area (Å²) in [5.74, 6) is 0. The molecule has 0 bridgehead atoms. The fraction of sp³-hybridized carbons (Fsp3) is 0. The summed E-state index contributed by atoms with van der Waals surface area (Å²) in [7, 11) is 0. The predicted molar refractivity (Wildman–Crippen MR) is 62.5 cm³/mol. The molecule has 0 spiro atoms. The lowest BCUT2D eigenvalue weighted by atomic mass is 10.1. The van der Waals surface area contributed by atoms with Gasteiger partial charge in [0.25, 0.3) is 0 Å². The second kappa shape index (κ2) is 4.16. The number of hydrogen-bond donors (Lipinski definition) is 0. The first-order valence-electron chi connectivity index (χ1n) is 4.44. The van der Waals surface area contributed by atoms with Crippen molar-refractivity contribution in [2.24, 2.45) is 0 Å². The van der Waals surface area contributed by atoms with Crippen molar-refractivity contribution in [2.45, 2.75) is 0 Å². The summed E-state index contributed by atoms with van der Waals surface area (Å²) in [4.78, 5) is 0.877. The van der Waals surface area contributed by atoms with E-state index in [4.69, 9.17) is 12.2 Å². The normalized spacial score (nSPS) is 9.71. The molecule has 0 heterocycles. The van der Waals surface area contributed by atoms with E-state index in [0.717, 1.165) is 16.0 Å². The monoisotopic (exact) mass is 197 g/mol. The van der Waals surface area contributed by atoms with Gasteiger partial charge in [-0.1, -0.05) is 60.7 Å². The van der Waals surface area contributed by atoms with Gasteiger partial charge in [0.2, 0.25) is 0 Å². The molecule has 1 heteroatoms. The van der Waals surface area contributed by atoms with E-state index in [9.17, 15) is 0 Å². The summed E-state index contributed by atoms with van der Waals surface area (Å²) < 4.78 is 0. The molecule has 0 aliphatic rings. The van der Waals surface area contributed by atoms with Gasteiger partial charge in [-0.05, 0) is 23.3 Å². The molecule has 0 N–H and O–H groups in total. The van der Waals surface area contributed by atoms with Crippen LogP contribution in [0.3, 0.4) is 0 Å². The molecule has 0 atom stereocenters. The lowest BCUT2D eigenvalue weighted by Crippen LogP contribution is -1.98. The van der Waals surface area contributed by atoms with Crippen LogP contribution in [-0.4, -0.2) is 4.86 Å². The molecule has 0 amide bonds. The van der Waals surface area contributed by atoms with Gasteiger partial charge in [0.05, 0.1) is 4.86 Å². The van der Waals surface area contributed by atoms with Crippen LogP contribution in [0.5, 0.6) is 0 Å². The van der Waals surface area contributed by atoms with E-state index in [1.807, 2.05) is 54.6 Å². The Balaban J connectivity index is 2.35. The van der Waals surface area contributed by atoms with Crippen molar-refractivity contribution in [1.82, 2.24) is 0 Å². The van der Waals surface area contributed by atoms with Crippen molar-refractivity contribution < 1.29 is 0 Å². The Hall–Kier alpha value is -1.47. The number of rotatable bonds is 2. The molecule has 67 valence electrons. The standard InChI is InChI=1S/C13H9S/c14-13(11-7-3-1-4-8-11)12-9-5-2-6-10-12/h1-5,7-10H. The highest BCUT2D eigenvalue weighted by atomic mass is 32.1. The minimum Gasteiger partial charge on any atom is -0.0788 e. The highest BCUT2D eigenvalue weighted by Crippen LogP contribution is 2.09. The van der Waals surface area contributed by atoms with E-state index in [2.05, 4.69) is 6.07 Å². The summed E-state index contributed by atoms with van der Waals surface area (Å²) in [6, 6.07) is 20.8. The number of benzene rings is 2. The van der Waals surface area contributed by atoms with E-state index in [1.165, 1.54) is 0 Å². The fourth-order valence-corrected chi connectivity index (χ4v) is 1.55. The van der Waals surface area contributed by atoms with Crippen LogP contribution in [0.1, 0.15) is 11.1 Å². The molecule has 2 aromatic rings. The first kappa shape index (κ1) is 9.10. The highest BCUT2D eigenvalue weighted by Gasteiger charge is 2.01. The van der Waals surface area contributed by atoms with Gasteiger partial charge in [-0.2, -0.15) is 0 Å². The number of thiocarbonyl (C=S) groups is 1. The molecule has 14 heavy (non-hydrogen) atoms. The van der Waals surface area contributed by atoms with Crippen LogP contribution in [0.2, 0.25) is 0 Å². The molecule has 1 radical (unpaired) electrons. The Labute approximate surface area is 89.2 Å². The van der Waals surface area contributed by atoms with Gasteiger partial charge in [0, 0.05) is 0 Å². The predicted octanol–water partition coefficient (Wildman–Crippen LogP) is 3.25. The largest absolute Gasteiger partial charge is 0.0788 e. The maximum absolute atomic E-state index is 5.37. The van der Waals surface area contributed by atoms with Crippen LogP contribution >= 0.6 is 12.2 Å². The van der Waals surface area contributed by atoms with Crippen molar-refractivity contribution in [3.8, 4) is 0 Å². The number of hydrogen-bond acceptors (Lipinski definition) is 1. The molecule has 2 rings (SSSR count). The summed E-state index contributed by atoms with van der Waals surface area (Å²) in [5.41, 5.74) is 2.14. The smallest absolute Gasteiger partial charge is 0.0522 e. The lowest BCUT2D eigenvalue weighted by molar-refractivity contribution is 1.61. The fourth-order valence-electron chi connectivity index (χ4n) is 1.29. The topological polar surface area (TPSA) is 0 Å². The van der Waals surface area contributed by atoms with Gasteiger partial charge in [-0.15, -0.1) is 0 Å². The van der Waals surface area contributed by atoms with E-state index >= 15 is 0 Å². The van der Waals surface area contributed by atoms with Crippen LogP contribution in [0.15, 0.2) is 54.6 Å². The highest BCUT2D eigenvalue weighted by molar-refractivity contribution is 7.81. The molecule has 0 aliphatic heterocycles. The minimum absolute atomic E-state index is 0.877. The van der Waals surface area contributed by atoms with Gasteiger partial charge in [-0.25, -0.2) is 0 Å². The van der Waals surface area contributed by atoms with Crippen molar-refractivity contribution in [3.05, 3.63) is 71.8 Å². The quantitative estimate of drug-likeness (QED) is 0.526. The van der Waals surface area contributed by atoms with E-state index in [1.54, 1.807) is 0 Å². The van der Waals surface area contributed by atoms with Gasteiger partial charge in [0.15, 0.2) is 0 Å². The Bertz CT molecular complexity index is 376. The summed E-state index contributed by atoms with van der Waals surface area (Å²) in [6.07, 6.45) is 0. The summed E-state index contributed by atoms with van der Waals surface area (Å²) in [5, 5.41) is 0. The zero-order chi connectivity index (χ0) is 9.80. The van der Waals surface area contributed by atoms with E-state index < -0.39 is 0 Å². The van der Waals surface area contributed by atoms with Crippen LogP contribution in [0.25, 0.3) is 0 Å². The average Bonchev–Trinajstić information content (AvgIpc) is 2.30. The lowest BCUT2D eigenvalue weighted by Gasteiger charge is -2.02. The van der Waals surface area contributed by atoms with Gasteiger partial charge >= 0.3 is 0 Å². The minimum atomic E-state index is 0.877. The molecule has 0 saturated heterocycles. The molecule has 0 fully saturated rings. The molecule has 0 aliphatic carbocycles. The van der Waals surface area contributed by atoms with E-state index in [0.29, 0.717) is 0 Å². The average molecular weight is 197 g/mol. The molecule has 0 nitrogen and oxygen atoms in total. The molecule has 0 aromatic heterocycles. The Kier molecular flexibility index (Phi) is 2.70. The first-order chi connectivity index (χ1) is 6.88. The van der Waals surface area contributed by atoms with Crippen LogP contribution < -0.4 is 0 Å². The van der Waals surface area contributed by atoms with Crippen molar-refractivity contribution in [3.63, 3.8) is 0 Å². The van der Waals surface area contributed by atoms with Crippen molar-refractivity contribution >= 4 is 17.1 Å². The zero-order valence-electron chi connectivity index (χ0n) is 7.60. The second-order valence-corrected chi connectivity index (χ2v) is 3.40. The third-order valence-electron chi connectivity index (χ3n) is 2.01. The first-order valence-corrected chi connectivity index (χ1v) is 4.84. The Morgan fingerprint density at radius 3 is 2.29 bits per heavy atom. The van der Waals surface area contributed by atoms with Crippen molar-refractivity contribution in [1.29, 1.82) is 0 Å². The molecule has 2 aromatic carbocycles.